The predicted octanol–water partition coefficient (Wildman–Crippen LogP) is 0.220. The van der Waals surface area contributed by atoms with Crippen LogP contribution in [0.15, 0.2) is 16.8 Å². The first kappa shape index (κ1) is 16.6. The van der Waals surface area contributed by atoms with Crippen molar-refractivity contribution >= 4 is 23.2 Å². The monoisotopic (exact) mass is 299 g/mol. The van der Waals surface area contributed by atoms with Crippen LogP contribution in [-0.4, -0.2) is 51.7 Å². The lowest BCUT2D eigenvalue weighted by molar-refractivity contribution is -0.120. The number of thiophene rings is 1. The van der Waals surface area contributed by atoms with Crippen LogP contribution in [0.2, 0.25) is 0 Å². The van der Waals surface area contributed by atoms with Crippen molar-refractivity contribution in [3.05, 3.63) is 22.4 Å². The van der Waals surface area contributed by atoms with Gasteiger partial charge in [0, 0.05) is 50.7 Å². The van der Waals surface area contributed by atoms with E-state index in [0.29, 0.717) is 31.8 Å². The molecular weight excluding hydrogens is 278 g/mol. The molecule has 7 heteroatoms. The normalized spacial score (nSPS) is 10.2. The highest BCUT2D eigenvalue weighted by Gasteiger charge is 2.06. The minimum atomic E-state index is -0.139. The second kappa shape index (κ2) is 10.4. The van der Waals surface area contributed by atoms with E-state index in [4.69, 9.17) is 4.74 Å². The molecule has 0 spiro atoms. The van der Waals surface area contributed by atoms with Crippen LogP contribution in [0.3, 0.4) is 0 Å². The van der Waals surface area contributed by atoms with Crippen molar-refractivity contribution in [1.82, 2.24) is 16.0 Å². The van der Waals surface area contributed by atoms with Crippen LogP contribution in [0.25, 0.3) is 0 Å². The molecule has 0 aromatic carbocycles. The van der Waals surface area contributed by atoms with Crippen molar-refractivity contribution in [2.24, 2.45) is 0 Å². The van der Waals surface area contributed by atoms with E-state index in [0.717, 1.165) is 6.54 Å². The quantitative estimate of drug-likeness (QED) is 0.540. The predicted molar refractivity (Wildman–Crippen MR) is 79.0 cm³/mol. The number of hydrogen-bond acceptors (Lipinski definition) is 5. The molecule has 2 amide bonds. The van der Waals surface area contributed by atoms with Crippen molar-refractivity contribution < 1.29 is 14.3 Å². The number of rotatable bonds is 10. The molecule has 0 saturated carbocycles. The van der Waals surface area contributed by atoms with E-state index in [1.807, 2.05) is 5.38 Å². The third-order valence-corrected chi connectivity index (χ3v) is 3.21. The van der Waals surface area contributed by atoms with Crippen LogP contribution in [0.4, 0.5) is 0 Å². The number of carbonyl (C=O) groups is 2. The highest BCUT2D eigenvalue weighted by Crippen LogP contribution is 2.04. The minimum Gasteiger partial charge on any atom is -0.383 e. The molecule has 1 rings (SSSR count). The SMILES string of the molecule is COCCNCCNC(=O)CCNC(=O)c1ccsc1. The molecule has 0 saturated heterocycles. The Kier molecular flexibility index (Phi) is 8.61. The molecule has 0 fully saturated rings. The second-order valence-electron chi connectivity index (χ2n) is 4.11. The van der Waals surface area contributed by atoms with Gasteiger partial charge in [0.1, 0.15) is 0 Å². The summed E-state index contributed by atoms with van der Waals surface area (Å²) in [4.78, 5) is 23.1. The highest BCUT2D eigenvalue weighted by atomic mass is 32.1. The van der Waals surface area contributed by atoms with Crippen molar-refractivity contribution in [1.29, 1.82) is 0 Å². The number of nitrogens with one attached hydrogen (secondary N) is 3. The Balaban J connectivity index is 1.99. The van der Waals surface area contributed by atoms with Crippen LogP contribution in [0, 0.1) is 0 Å². The first-order valence-electron chi connectivity index (χ1n) is 6.51. The summed E-state index contributed by atoms with van der Waals surface area (Å²) >= 11 is 1.47. The van der Waals surface area contributed by atoms with Gasteiger partial charge in [-0.1, -0.05) is 0 Å². The van der Waals surface area contributed by atoms with E-state index < -0.39 is 0 Å². The van der Waals surface area contributed by atoms with Crippen molar-refractivity contribution in [3.63, 3.8) is 0 Å². The molecule has 20 heavy (non-hydrogen) atoms. The Hall–Kier alpha value is -1.44. The number of hydrogen-bond donors (Lipinski definition) is 3. The third kappa shape index (κ3) is 7.22. The molecule has 1 aromatic heterocycles. The van der Waals surface area contributed by atoms with E-state index in [1.165, 1.54) is 11.3 Å². The third-order valence-electron chi connectivity index (χ3n) is 2.53. The van der Waals surface area contributed by atoms with Crippen molar-refractivity contribution in [2.45, 2.75) is 6.42 Å². The summed E-state index contributed by atoms with van der Waals surface area (Å²) in [6, 6.07) is 1.76. The molecule has 0 aliphatic heterocycles. The fraction of sp³-hybridized carbons (Fsp3) is 0.538. The first-order chi connectivity index (χ1) is 9.74. The second-order valence-corrected chi connectivity index (χ2v) is 4.89. The van der Waals surface area contributed by atoms with Crippen LogP contribution in [0.1, 0.15) is 16.8 Å². The average Bonchev–Trinajstić information content (AvgIpc) is 2.96. The zero-order valence-corrected chi connectivity index (χ0v) is 12.4. The van der Waals surface area contributed by atoms with E-state index in [1.54, 1.807) is 18.6 Å². The summed E-state index contributed by atoms with van der Waals surface area (Å²) in [6.45, 7) is 3.04. The zero-order valence-electron chi connectivity index (χ0n) is 11.6. The molecule has 3 N–H and O–H groups in total. The molecule has 6 nitrogen and oxygen atoms in total. The lowest BCUT2D eigenvalue weighted by Gasteiger charge is -2.07. The average molecular weight is 299 g/mol. The number of carbonyl (C=O) groups excluding carboxylic acids is 2. The summed E-state index contributed by atoms with van der Waals surface area (Å²) < 4.78 is 4.89. The topological polar surface area (TPSA) is 79.5 Å². The van der Waals surface area contributed by atoms with E-state index in [2.05, 4.69) is 16.0 Å². The number of methoxy groups -OCH3 is 1. The van der Waals surface area contributed by atoms with Gasteiger partial charge in [0.2, 0.25) is 5.91 Å². The van der Waals surface area contributed by atoms with Gasteiger partial charge in [0.25, 0.3) is 5.91 Å². The van der Waals surface area contributed by atoms with E-state index >= 15 is 0 Å². The highest BCUT2D eigenvalue weighted by molar-refractivity contribution is 7.08. The Morgan fingerprint density at radius 3 is 2.75 bits per heavy atom. The Bertz CT molecular complexity index is 396. The summed E-state index contributed by atoms with van der Waals surface area (Å²) in [5.41, 5.74) is 0.637. The van der Waals surface area contributed by atoms with Gasteiger partial charge in [-0.2, -0.15) is 11.3 Å². The Morgan fingerprint density at radius 2 is 2.05 bits per heavy atom. The summed E-state index contributed by atoms with van der Waals surface area (Å²) in [5.74, 6) is -0.204. The standard InChI is InChI=1S/C13H21N3O3S/c1-19-8-7-14-5-6-15-12(17)2-4-16-13(18)11-3-9-20-10-11/h3,9-10,14H,2,4-8H2,1H3,(H,15,17)(H,16,18). The molecule has 0 unspecified atom stereocenters. The van der Waals surface area contributed by atoms with Gasteiger partial charge in [0.05, 0.1) is 6.61 Å². The Labute approximate surface area is 122 Å². The fourth-order valence-electron chi connectivity index (χ4n) is 1.46. The van der Waals surface area contributed by atoms with Gasteiger partial charge in [-0.3, -0.25) is 9.59 Å². The number of amides is 2. The maximum Gasteiger partial charge on any atom is 0.252 e. The molecule has 0 aliphatic carbocycles. The Morgan fingerprint density at radius 1 is 1.20 bits per heavy atom. The lowest BCUT2D eigenvalue weighted by atomic mass is 10.3. The molecule has 112 valence electrons. The van der Waals surface area contributed by atoms with Gasteiger partial charge < -0.3 is 20.7 Å². The maximum atomic E-state index is 11.6. The minimum absolute atomic E-state index is 0.0656. The van der Waals surface area contributed by atoms with Crippen LogP contribution < -0.4 is 16.0 Å². The van der Waals surface area contributed by atoms with Crippen LogP contribution in [0.5, 0.6) is 0 Å². The molecule has 0 atom stereocenters. The molecule has 1 heterocycles. The largest absolute Gasteiger partial charge is 0.383 e. The van der Waals surface area contributed by atoms with Crippen molar-refractivity contribution in [2.75, 3.05) is 39.9 Å². The van der Waals surface area contributed by atoms with Crippen LogP contribution in [-0.2, 0) is 9.53 Å². The lowest BCUT2D eigenvalue weighted by Crippen LogP contribution is -2.35. The van der Waals surface area contributed by atoms with Gasteiger partial charge >= 0.3 is 0 Å². The zero-order chi connectivity index (χ0) is 14.6. The molecule has 0 bridgehead atoms. The first-order valence-corrected chi connectivity index (χ1v) is 7.45. The molecule has 1 aromatic rings. The van der Waals surface area contributed by atoms with Crippen molar-refractivity contribution in [3.8, 4) is 0 Å². The van der Waals surface area contributed by atoms with Gasteiger partial charge in [-0.05, 0) is 11.4 Å². The van der Waals surface area contributed by atoms with Gasteiger partial charge in [0.15, 0.2) is 0 Å². The summed E-state index contributed by atoms with van der Waals surface area (Å²) in [6.07, 6.45) is 0.286. The van der Waals surface area contributed by atoms with E-state index in [-0.39, 0.29) is 18.2 Å². The van der Waals surface area contributed by atoms with E-state index in [9.17, 15) is 9.59 Å². The molecule has 0 radical (unpaired) electrons. The van der Waals surface area contributed by atoms with Gasteiger partial charge in [-0.25, -0.2) is 0 Å². The van der Waals surface area contributed by atoms with Crippen LogP contribution >= 0.6 is 11.3 Å². The maximum absolute atomic E-state index is 11.6. The summed E-state index contributed by atoms with van der Waals surface area (Å²) in [5, 5.41) is 12.2. The summed E-state index contributed by atoms with van der Waals surface area (Å²) in [7, 11) is 1.65. The number of ether oxygens (including phenoxy) is 1. The van der Waals surface area contributed by atoms with Gasteiger partial charge in [-0.15, -0.1) is 0 Å². The smallest absolute Gasteiger partial charge is 0.252 e. The molecular formula is C13H21N3O3S. The fourth-order valence-corrected chi connectivity index (χ4v) is 2.10. The molecule has 0 aliphatic rings.